The standard InChI is InChI=1S/C25H26N6O3/c1-32-22-12-20-21(13-23(22)33-2)28-17-29-24(20)30-8-10-31(11-9-30)25-26-14-19(15-27-25)34-16-18-6-4-3-5-7-18/h3-7,12-15,17H,8-11,16H2,1-2H3. The van der Waals surface area contributed by atoms with Crippen LogP contribution in [0.1, 0.15) is 5.56 Å². The molecule has 0 radical (unpaired) electrons. The maximum Gasteiger partial charge on any atom is 0.225 e. The van der Waals surface area contributed by atoms with Crippen molar-refractivity contribution in [3.05, 3.63) is 66.7 Å². The molecule has 1 aliphatic rings. The fourth-order valence-corrected chi connectivity index (χ4v) is 4.03. The molecule has 0 bridgehead atoms. The van der Waals surface area contributed by atoms with E-state index in [0.29, 0.717) is 29.8 Å². The summed E-state index contributed by atoms with van der Waals surface area (Å²) < 4.78 is 16.7. The third-order valence-corrected chi connectivity index (χ3v) is 5.84. The number of benzene rings is 2. The maximum absolute atomic E-state index is 5.80. The van der Waals surface area contributed by atoms with Crippen LogP contribution in [0.5, 0.6) is 17.2 Å². The highest BCUT2D eigenvalue weighted by Gasteiger charge is 2.22. The van der Waals surface area contributed by atoms with Crippen molar-refractivity contribution in [1.82, 2.24) is 19.9 Å². The third-order valence-electron chi connectivity index (χ3n) is 5.84. The molecule has 2 aromatic carbocycles. The molecular formula is C25H26N6O3. The fourth-order valence-electron chi connectivity index (χ4n) is 4.03. The van der Waals surface area contributed by atoms with Crippen LogP contribution < -0.4 is 24.0 Å². The van der Waals surface area contributed by atoms with Gasteiger partial charge in [-0.05, 0) is 11.6 Å². The second-order valence-corrected chi connectivity index (χ2v) is 7.89. The van der Waals surface area contributed by atoms with Crippen LogP contribution in [0.3, 0.4) is 0 Å². The van der Waals surface area contributed by atoms with Crippen molar-refractivity contribution in [2.24, 2.45) is 0 Å². The number of hydrogen-bond acceptors (Lipinski definition) is 9. The first-order valence-corrected chi connectivity index (χ1v) is 11.1. The predicted octanol–water partition coefficient (Wildman–Crippen LogP) is 3.34. The third kappa shape index (κ3) is 4.50. The van der Waals surface area contributed by atoms with Crippen molar-refractivity contribution in [2.75, 3.05) is 50.2 Å². The molecule has 9 nitrogen and oxygen atoms in total. The summed E-state index contributed by atoms with van der Waals surface area (Å²) in [7, 11) is 3.25. The van der Waals surface area contributed by atoms with Gasteiger partial charge in [0.1, 0.15) is 18.8 Å². The van der Waals surface area contributed by atoms with E-state index in [1.165, 1.54) is 0 Å². The van der Waals surface area contributed by atoms with Gasteiger partial charge in [-0.2, -0.15) is 0 Å². The second kappa shape index (κ2) is 9.78. The van der Waals surface area contributed by atoms with E-state index >= 15 is 0 Å². The largest absolute Gasteiger partial charge is 0.493 e. The van der Waals surface area contributed by atoms with Crippen LogP contribution in [0.15, 0.2) is 61.2 Å². The van der Waals surface area contributed by atoms with Crippen LogP contribution >= 0.6 is 0 Å². The van der Waals surface area contributed by atoms with Crippen molar-refractivity contribution in [1.29, 1.82) is 0 Å². The van der Waals surface area contributed by atoms with Crippen LogP contribution in [0.25, 0.3) is 10.9 Å². The zero-order chi connectivity index (χ0) is 23.3. The molecule has 34 heavy (non-hydrogen) atoms. The molecule has 4 aromatic rings. The molecule has 2 aromatic heterocycles. The van der Waals surface area contributed by atoms with E-state index in [1.807, 2.05) is 42.5 Å². The van der Waals surface area contributed by atoms with Gasteiger partial charge in [0.05, 0.1) is 32.1 Å². The maximum atomic E-state index is 5.80. The van der Waals surface area contributed by atoms with Crippen molar-refractivity contribution in [3.63, 3.8) is 0 Å². The van der Waals surface area contributed by atoms with Crippen molar-refractivity contribution in [3.8, 4) is 17.2 Å². The monoisotopic (exact) mass is 458 g/mol. The first-order valence-electron chi connectivity index (χ1n) is 11.1. The van der Waals surface area contributed by atoms with E-state index in [-0.39, 0.29) is 0 Å². The average Bonchev–Trinajstić information content (AvgIpc) is 2.91. The molecule has 0 amide bonds. The van der Waals surface area contributed by atoms with E-state index in [0.717, 1.165) is 48.5 Å². The molecule has 0 unspecified atom stereocenters. The van der Waals surface area contributed by atoms with Crippen molar-refractivity contribution in [2.45, 2.75) is 6.61 Å². The molecule has 0 N–H and O–H groups in total. The number of hydrogen-bond donors (Lipinski definition) is 0. The number of anilines is 2. The molecule has 5 rings (SSSR count). The molecule has 1 fully saturated rings. The minimum atomic E-state index is 0.492. The smallest absolute Gasteiger partial charge is 0.225 e. The highest BCUT2D eigenvalue weighted by molar-refractivity contribution is 5.92. The lowest BCUT2D eigenvalue weighted by Crippen LogP contribution is -2.47. The Bertz CT molecular complexity index is 1240. The summed E-state index contributed by atoms with van der Waals surface area (Å²) in [6.07, 6.45) is 5.05. The predicted molar refractivity (Wildman–Crippen MR) is 130 cm³/mol. The molecule has 9 heteroatoms. The van der Waals surface area contributed by atoms with Crippen LogP contribution in [0, 0.1) is 0 Å². The van der Waals surface area contributed by atoms with E-state index in [2.05, 4.69) is 29.7 Å². The zero-order valence-electron chi connectivity index (χ0n) is 19.2. The summed E-state index contributed by atoms with van der Waals surface area (Å²) in [6, 6.07) is 13.9. The van der Waals surface area contributed by atoms with Crippen LogP contribution in [0.2, 0.25) is 0 Å². The number of fused-ring (bicyclic) bond motifs is 1. The number of aromatic nitrogens is 4. The molecular weight excluding hydrogens is 432 g/mol. The van der Waals surface area contributed by atoms with Gasteiger partial charge >= 0.3 is 0 Å². The van der Waals surface area contributed by atoms with E-state index in [9.17, 15) is 0 Å². The lowest BCUT2D eigenvalue weighted by Gasteiger charge is -2.35. The summed E-state index contributed by atoms with van der Waals surface area (Å²) in [5.41, 5.74) is 1.93. The molecule has 0 spiro atoms. The van der Waals surface area contributed by atoms with Gasteiger partial charge in [-0.1, -0.05) is 30.3 Å². The molecule has 0 atom stereocenters. The Labute approximate surface area is 198 Å². The molecule has 1 saturated heterocycles. The summed E-state index contributed by atoms with van der Waals surface area (Å²) in [4.78, 5) is 22.4. The highest BCUT2D eigenvalue weighted by atomic mass is 16.5. The second-order valence-electron chi connectivity index (χ2n) is 7.89. The Kier molecular flexibility index (Phi) is 6.24. The van der Waals surface area contributed by atoms with Crippen molar-refractivity contribution >= 4 is 22.7 Å². The molecule has 3 heterocycles. The van der Waals surface area contributed by atoms with Gasteiger partial charge in [0.25, 0.3) is 0 Å². The average molecular weight is 459 g/mol. The summed E-state index contributed by atoms with van der Waals surface area (Å²) in [5.74, 6) is 3.55. The molecule has 0 aliphatic carbocycles. The van der Waals surface area contributed by atoms with Gasteiger partial charge in [-0.15, -0.1) is 0 Å². The number of ether oxygens (including phenoxy) is 3. The molecule has 174 valence electrons. The summed E-state index contributed by atoms with van der Waals surface area (Å²) >= 11 is 0. The Morgan fingerprint density at radius 1 is 0.794 bits per heavy atom. The van der Waals surface area contributed by atoms with E-state index in [4.69, 9.17) is 14.2 Å². The normalized spacial score (nSPS) is 13.7. The first kappa shape index (κ1) is 21.7. The van der Waals surface area contributed by atoms with Gasteiger partial charge in [-0.3, -0.25) is 0 Å². The lowest BCUT2D eigenvalue weighted by molar-refractivity contribution is 0.303. The van der Waals surface area contributed by atoms with Crippen LogP contribution in [-0.2, 0) is 6.61 Å². The Morgan fingerprint density at radius 3 is 2.18 bits per heavy atom. The van der Waals surface area contributed by atoms with Gasteiger partial charge in [0.15, 0.2) is 17.2 Å². The Balaban J connectivity index is 1.25. The number of rotatable bonds is 7. The zero-order valence-corrected chi connectivity index (χ0v) is 19.2. The van der Waals surface area contributed by atoms with E-state index < -0.39 is 0 Å². The highest BCUT2D eigenvalue weighted by Crippen LogP contribution is 2.35. The Morgan fingerprint density at radius 2 is 1.47 bits per heavy atom. The molecule has 1 aliphatic heterocycles. The topological polar surface area (TPSA) is 85.7 Å². The summed E-state index contributed by atoms with van der Waals surface area (Å²) in [6.45, 7) is 3.63. The van der Waals surface area contributed by atoms with Gasteiger partial charge in [-0.25, -0.2) is 19.9 Å². The van der Waals surface area contributed by atoms with E-state index in [1.54, 1.807) is 32.9 Å². The Hall–Kier alpha value is -4.14. The fraction of sp³-hybridized carbons (Fsp3) is 0.280. The minimum absolute atomic E-state index is 0.492. The van der Waals surface area contributed by atoms with Gasteiger partial charge < -0.3 is 24.0 Å². The van der Waals surface area contributed by atoms with Crippen LogP contribution in [0.4, 0.5) is 11.8 Å². The number of nitrogens with zero attached hydrogens (tertiary/aromatic N) is 6. The number of piperazine rings is 1. The lowest BCUT2D eigenvalue weighted by atomic mass is 10.2. The first-order chi connectivity index (χ1) is 16.7. The van der Waals surface area contributed by atoms with Crippen molar-refractivity contribution < 1.29 is 14.2 Å². The quantitative estimate of drug-likeness (QED) is 0.414. The van der Waals surface area contributed by atoms with Crippen LogP contribution in [-0.4, -0.2) is 60.3 Å². The van der Waals surface area contributed by atoms with Gasteiger partial charge in [0, 0.05) is 37.6 Å². The van der Waals surface area contributed by atoms with Gasteiger partial charge in [0.2, 0.25) is 5.95 Å². The SMILES string of the molecule is COc1cc2ncnc(N3CCN(c4ncc(OCc5ccccc5)cn4)CC3)c2cc1OC. The summed E-state index contributed by atoms with van der Waals surface area (Å²) in [5, 5.41) is 0.935. The molecule has 0 saturated carbocycles. The number of methoxy groups -OCH3 is 2. The minimum Gasteiger partial charge on any atom is -0.493 e.